The van der Waals surface area contributed by atoms with E-state index in [4.69, 9.17) is 19.9 Å². The zero-order valence-electron chi connectivity index (χ0n) is 20.4. The van der Waals surface area contributed by atoms with Gasteiger partial charge in [0, 0.05) is 11.8 Å². The minimum absolute atomic E-state index is 0.0377. The minimum Gasteiger partial charge on any atom is -0.479 e. The van der Waals surface area contributed by atoms with Crippen LogP contribution in [0.5, 0.6) is 0 Å². The van der Waals surface area contributed by atoms with Crippen molar-refractivity contribution in [2.24, 2.45) is 40.7 Å². The molecule has 200 valence electrons. The van der Waals surface area contributed by atoms with E-state index >= 15 is 4.39 Å². The van der Waals surface area contributed by atoms with E-state index < -0.39 is 59.1 Å². The Morgan fingerprint density at radius 1 is 0.946 bits per heavy atom. The first-order valence-electron chi connectivity index (χ1n) is 13.0. The molecule has 3 N–H and O–H groups in total. The molecule has 7 rings (SSSR count). The van der Waals surface area contributed by atoms with Crippen molar-refractivity contribution in [1.82, 2.24) is 0 Å². The Labute approximate surface area is 212 Å². The number of carbonyl (C=O) groups is 3. The van der Waals surface area contributed by atoms with E-state index in [1.807, 2.05) is 0 Å². The predicted octanol–water partition coefficient (Wildman–Crippen LogP) is 3.11. The Kier molecular flexibility index (Phi) is 5.65. The molecule has 6 saturated carbocycles. The summed E-state index contributed by atoms with van der Waals surface area (Å²) in [6.07, 6.45) is 4.74. The minimum atomic E-state index is -2.65. The van der Waals surface area contributed by atoms with Gasteiger partial charge in [0.1, 0.15) is 11.4 Å². The second kappa shape index (κ2) is 8.46. The monoisotopic (exact) mass is 519 g/mol. The van der Waals surface area contributed by atoms with Crippen LogP contribution in [0, 0.1) is 40.8 Å². The maximum atomic E-state index is 15.2. The van der Waals surface area contributed by atoms with E-state index in [9.17, 15) is 23.9 Å². The maximum Gasteiger partial charge on any atom is 0.342 e. The van der Waals surface area contributed by atoms with Gasteiger partial charge in [-0.15, -0.1) is 0 Å². The SMILES string of the molecule is N[C@]1(C(=O)OCOC(=O)C23CC4CC(CC(C4)C2)C3)[C@H]2[C@@H](C[C@H]1OCc1ccc(F)cc1)[C@]2(F)C(=O)O. The van der Waals surface area contributed by atoms with Crippen LogP contribution >= 0.6 is 0 Å². The number of aliphatic carboxylic acids is 1. The number of hydrogen-bond acceptors (Lipinski definition) is 7. The largest absolute Gasteiger partial charge is 0.479 e. The number of esters is 2. The Hall–Kier alpha value is -2.59. The summed E-state index contributed by atoms with van der Waals surface area (Å²) in [4.78, 5) is 37.8. The molecule has 0 heterocycles. The molecule has 0 aromatic heterocycles. The first-order chi connectivity index (χ1) is 17.6. The van der Waals surface area contributed by atoms with Crippen LogP contribution < -0.4 is 5.73 Å². The zero-order valence-corrected chi connectivity index (χ0v) is 20.4. The number of rotatable bonds is 8. The number of alkyl halides is 1. The van der Waals surface area contributed by atoms with Gasteiger partial charge >= 0.3 is 17.9 Å². The third kappa shape index (κ3) is 3.78. The van der Waals surface area contributed by atoms with Crippen LogP contribution in [0.3, 0.4) is 0 Å². The fourth-order valence-electron chi connectivity index (χ4n) is 8.35. The summed E-state index contributed by atoms with van der Waals surface area (Å²) in [5, 5.41) is 9.42. The lowest BCUT2D eigenvalue weighted by atomic mass is 9.49. The molecule has 10 heteroatoms. The number of halogens is 2. The highest BCUT2D eigenvalue weighted by Gasteiger charge is 2.85. The number of ether oxygens (including phenoxy) is 3. The van der Waals surface area contributed by atoms with E-state index in [-0.39, 0.29) is 19.0 Å². The number of hydrogen-bond donors (Lipinski definition) is 2. The number of carboxylic acid groups (broad SMARTS) is 1. The highest BCUT2D eigenvalue weighted by molar-refractivity contribution is 5.91. The van der Waals surface area contributed by atoms with Crippen molar-refractivity contribution in [3.05, 3.63) is 35.6 Å². The van der Waals surface area contributed by atoms with Gasteiger partial charge in [0.25, 0.3) is 0 Å². The molecule has 6 aliphatic carbocycles. The van der Waals surface area contributed by atoms with Crippen LogP contribution in [-0.2, 0) is 35.2 Å². The van der Waals surface area contributed by atoms with Crippen LogP contribution in [0.2, 0.25) is 0 Å². The second-order valence-electron chi connectivity index (χ2n) is 11.9. The van der Waals surface area contributed by atoms with Crippen molar-refractivity contribution >= 4 is 17.9 Å². The molecule has 0 amide bonds. The Bertz CT molecular complexity index is 1090. The molecule has 1 aromatic carbocycles. The summed E-state index contributed by atoms with van der Waals surface area (Å²) < 4.78 is 44.8. The van der Waals surface area contributed by atoms with Gasteiger partial charge in [-0.1, -0.05) is 12.1 Å². The Morgan fingerprint density at radius 3 is 2.08 bits per heavy atom. The molecular weight excluding hydrogens is 488 g/mol. The smallest absolute Gasteiger partial charge is 0.342 e. The van der Waals surface area contributed by atoms with Gasteiger partial charge in [-0.25, -0.2) is 18.4 Å². The molecule has 8 nitrogen and oxygen atoms in total. The van der Waals surface area contributed by atoms with Crippen molar-refractivity contribution in [2.45, 2.75) is 68.9 Å². The second-order valence-corrected chi connectivity index (χ2v) is 11.9. The summed E-state index contributed by atoms with van der Waals surface area (Å²) in [5.74, 6) is -4.29. The Morgan fingerprint density at radius 2 is 1.51 bits per heavy atom. The van der Waals surface area contributed by atoms with Crippen LogP contribution in [0.1, 0.15) is 50.5 Å². The highest BCUT2D eigenvalue weighted by atomic mass is 19.1. The normalized spacial score (nSPS) is 42.8. The Balaban J connectivity index is 1.12. The van der Waals surface area contributed by atoms with Crippen molar-refractivity contribution in [2.75, 3.05) is 6.79 Å². The standard InChI is InChI=1S/C27H31F2NO7/c28-18-3-1-14(2-4-18)12-35-20-8-19-21(26(19,29)22(31)32)27(20,30)24(34)37-13-36-23(33)25-9-15-5-16(10-25)7-17(6-15)11-25/h1-4,15-17,19-21H,5-13,30H2,(H,31,32)/t15?,16?,17?,19-,20-,21+,25?,26-,27+/m1/s1. The third-order valence-electron chi connectivity index (χ3n) is 9.70. The molecule has 5 atom stereocenters. The van der Waals surface area contributed by atoms with Gasteiger partial charge in [-0.3, -0.25) is 4.79 Å². The van der Waals surface area contributed by atoms with Crippen LogP contribution in [-0.4, -0.2) is 47.1 Å². The van der Waals surface area contributed by atoms with Crippen LogP contribution in [0.15, 0.2) is 24.3 Å². The average molecular weight is 520 g/mol. The van der Waals surface area contributed by atoms with Crippen molar-refractivity contribution in [3.8, 4) is 0 Å². The van der Waals surface area contributed by atoms with E-state index in [1.165, 1.54) is 24.3 Å². The first-order valence-corrected chi connectivity index (χ1v) is 13.0. The molecule has 0 saturated heterocycles. The van der Waals surface area contributed by atoms with Gasteiger partial charge in [-0.05, 0) is 80.4 Å². The van der Waals surface area contributed by atoms with Gasteiger partial charge in [0.15, 0.2) is 0 Å². The van der Waals surface area contributed by atoms with Crippen molar-refractivity contribution < 1.29 is 42.5 Å². The fourth-order valence-corrected chi connectivity index (χ4v) is 8.35. The number of carbonyl (C=O) groups excluding carboxylic acids is 2. The molecule has 0 aliphatic heterocycles. The van der Waals surface area contributed by atoms with E-state index in [0.717, 1.165) is 38.5 Å². The summed E-state index contributed by atoms with van der Waals surface area (Å²) in [6.45, 7) is -0.712. The van der Waals surface area contributed by atoms with Gasteiger partial charge in [-0.2, -0.15) is 0 Å². The lowest BCUT2D eigenvalue weighted by Crippen LogP contribution is -2.61. The fraction of sp³-hybridized carbons (Fsp3) is 0.667. The lowest BCUT2D eigenvalue weighted by Gasteiger charge is -2.55. The molecule has 0 unspecified atom stereocenters. The zero-order chi connectivity index (χ0) is 26.2. The number of benzene rings is 1. The first kappa shape index (κ1) is 24.7. The van der Waals surface area contributed by atoms with Gasteiger partial charge in [0.05, 0.1) is 18.1 Å². The van der Waals surface area contributed by atoms with E-state index in [2.05, 4.69) is 0 Å². The number of nitrogens with two attached hydrogens (primary N) is 1. The molecular formula is C27H31F2NO7. The average Bonchev–Trinajstić information content (AvgIpc) is 3.33. The van der Waals surface area contributed by atoms with Crippen molar-refractivity contribution in [3.63, 3.8) is 0 Å². The lowest BCUT2D eigenvalue weighted by molar-refractivity contribution is -0.190. The van der Waals surface area contributed by atoms with Crippen LogP contribution in [0.25, 0.3) is 0 Å². The van der Waals surface area contributed by atoms with Crippen LogP contribution in [0.4, 0.5) is 8.78 Å². The molecule has 0 radical (unpaired) electrons. The van der Waals surface area contributed by atoms with E-state index in [0.29, 0.717) is 23.3 Å². The molecule has 6 aliphatic rings. The molecule has 6 fully saturated rings. The number of carboxylic acids is 1. The van der Waals surface area contributed by atoms with Gasteiger partial charge < -0.3 is 25.1 Å². The summed E-state index contributed by atoms with van der Waals surface area (Å²) in [7, 11) is 0. The molecule has 0 spiro atoms. The molecule has 37 heavy (non-hydrogen) atoms. The summed E-state index contributed by atoms with van der Waals surface area (Å²) in [6, 6.07) is 5.51. The third-order valence-corrected chi connectivity index (χ3v) is 9.70. The van der Waals surface area contributed by atoms with Crippen molar-refractivity contribution in [1.29, 1.82) is 0 Å². The topological polar surface area (TPSA) is 125 Å². The highest BCUT2D eigenvalue weighted by Crippen LogP contribution is 2.67. The number of fused-ring (bicyclic) bond motifs is 1. The van der Waals surface area contributed by atoms with E-state index in [1.54, 1.807) is 0 Å². The quantitative estimate of drug-likeness (QED) is 0.397. The summed E-state index contributed by atoms with van der Waals surface area (Å²) in [5.41, 5.74) is 1.73. The van der Waals surface area contributed by atoms with Gasteiger partial charge in [0.2, 0.25) is 12.5 Å². The predicted molar refractivity (Wildman–Crippen MR) is 123 cm³/mol. The maximum absolute atomic E-state index is 15.2. The molecule has 1 aromatic rings. The molecule has 4 bridgehead atoms. The summed E-state index contributed by atoms with van der Waals surface area (Å²) >= 11 is 0.